The van der Waals surface area contributed by atoms with Crippen molar-refractivity contribution < 1.29 is 4.79 Å². The summed E-state index contributed by atoms with van der Waals surface area (Å²) in [4.78, 5) is 35.7. The van der Waals surface area contributed by atoms with E-state index in [1.807, 2.05) is 41.4 Å². The fraction of sp³-hybridized carbons (Fsp3) is 0.0714. The summed E-state index contributed by atoms with van der Waals surface area (Å²) in [5.74, 6) is -0.450. The van der Waals surface area contributed by atoms with Crippen LogP contribution in [0.15, 0.2) is 56.1 Å². The van der Waals surface area contributed by atoms with E-state index in [9.17, 15) is 14.4 Å². The molecular formula is C14H13N5O3S. The molecule has 0 saturated carbocycles. The number of hydrogen-bond acceptors (Lipinski definition) is 6. The van der Waals surface area contributed by atoms with Gasteiger partial charge < -0.3 is 0 Å². The number of thioether (sulfide) groups is 1. The van der Waals surface area contributed by atoms with Gasteiger partial charge in [0, 0.05) is 6.21 Å². The van der Waals surface area contributed by atoms with E-state index in [1.165, 1.54) is 6.21 Å². The number of benzene rings is 1. The zero-order valence-electron chi connectivity index (χ0n) is 11.9. The lowest BCUT2D eigenvalue weighted by Crippen LogP contribution is -2.26. The van der Waals surface area contributed by atoms with Gasteiger partial charge in [-0.1, -0.05) is 48.2 Å². The molecular weight excluding hydrogens is 318 g/mol. The van der Waals surface area contributed by atoms with Crippen LogP contribution in [0.2, 0.25) is 0 Å². The van der Waals surface area contributed by atoms with Gasteiger partial charge in [0.15, 0.2) is 5.03 Å². The Labute approximate surface area is 134 Å². The van der Waals surface area contributed by atoms with Crippen LogP contribution < -0.4 is 16.7 Å². The van der Waals surface area contributed by atoms with Crippen molar-refractivity contribution >= 4 is 30.0 Å². The van der Waals surface area contributed by atoms with E-state index in [1.54, 1.807) is 6.08 Å². The van der Waals surface area contributed by atoms with Crippen molar-refractivity contribution in [3.63, 3.8) is 0 Å². The molecule has 0 fully saturated rings. The highest BCUT2D eigenvalue weighted by Gasteiger charge is 2.06. The number of hydrogen-bond donors (Lipinski definition) is 3. The highest BCUT2D eigenvalue weighted by molar-refractivity contribution is 7.99. The topological polar surface area (TPSA) is 120 Å². The van der Waals surface area contributed by atoms with Crippen LogP contribution in [-0.4, -0.2) is 33.1 Å². The SMILES string of the molecule is O=C(CSc1n[nH]c(=O)[nH]c1=O)N/N=C\C=C\c1ccccc1. The maximum absolute atomic E-state index is 11.5. The third-order valence-electron chi connectivity index (χ3n) is 2.46. The molecule has 23 heavy (non-hydrogen) atoms. The number of hydrazone groups is 1. The van der Waals surface area contributed by atoms with Gasteiger partial charge in [-0.2, -0.15) is 10.2 Å². The van der Waals surface area contributed by atoms with Crippen molar-refractivity contribution in [1.82, 2.24) is 20.6 Å². The summed E-state index contributed by atoms with van der Waals surface area (Å²) in [5.41, 5.74) is 2.00. The molecule has 0 radical (unpaired) electrons. The molecule has 0 atom stereocenters. The van der Waals surface area contributed by atoms with Crippen LogP contribution >= 0.6 is 11.8 Å². The molecule has 0 spiro atoms. The average molecular weight is 331 g/mol. The minimum atomic E-state index is -0.696. The molecule has 1 aromatic carbocycles. The molecule has 1 heterocycles. The fourth-order valence-electron chi connectivity index (χ4n) is 1.47. The second-order valence-electron chi connectivity index (χ2n) is 4.18. The molecule has 9 heteroatoms. The number of carbonyl (C=O) groups is 1. The smallest absolute Gasteiger partial charge is 0.272 e. The summed E-state index contributed by atoms with van der Waals surface area (Å²) in [5, 5.41) is 9.39. The predicted octanol–water partition coefficient (Wildman–Crippen LogP) is 0.366. The number of nitrogens with zero attached hydrogens (tertiary/aromatic N) is 2. The number of H-pyrrole nitrogens is 2. The number of aromatic nitrogens is 3. The van der Waals surface area contributed by atoms with Gasteiger partial charge >= 0.3 is 5.69 Å². The van der Waals surface area contributed by atoms with Gasteiger partial charge in [0.05, 0.1) is 5.75 Å². The van der Waals surface area contributed by atoms with Crippen LogP contribution in [0.4, 0.5) is 0 Å². The molecule has 2 aromatic rings. The molecule has 2 rings (SSSR count). The maximum atomic E-state index is 11.5. The van der Waals surface area contributed by atoms with Crippen molar-refractivity contribution in [2.45, 2.75) is 5.03 Å². The van der Waals surface area contributed by atoms with E-state index in [0.29, 0.717) is 0 Å². The minimum Gasteiger partial charge on any atom is -0.272 e. The molecule has 0 unspecified atom stereocenters. The zero-order valence-corrected chi connectivity index (χ0v) is 12.7. The Bertz CT molecular complexity index is 826. The molecule has 0 saturated heterocycles. The Hall–Kier alpha value is -2.94. The normalized spacial score (nSPS) is 11.1. The maximum Gasteiger partial charge on any atom is 0.342 e. The molecule has 118 valence electrons. The molecule has 0 aliphatic carbocycles. The Balaban J connectivity index is 1.77. The van der Waals surface area contributed by atoms with E-state index in [0.717, 1.165) is 17.3 Å². The first-order chi connectivity index (χ1) is 11.1. The summed E-state index contributed by atoms with van der Waals surface area (Å²) in [7, 11) is 0. The number of rotatable bonds is 6. The first-order valence-electron chi connectivity index (χ1n) is 6.50. The molecule has 8 nitrogen and oxygen atoms in total. The molecule has 0 aliphatic heterocycles. The van der Waals surface area contributed by atoms with Crippen molar-refractivity contribution in [3.8, 4) is 0 Å². The van der Waals surface area contributed by atoms with E-state index < -0.39 is 17.2 Å². The largest absolute Gasteiger partial charge is 0.342 e. The summed E-state index contributed by atoms with van der Waals surface area (Å²) >= 11 is 0.896. The predicted molar refractivity (Wildman–Crippen MR) is 88.3 cm³/mol. The van der Waals surface area contributed by atoms with Crippen LogP contribution in [0.3, 0.4) is 0 Å². The van der Waals surface area contributed by atoms with Gasteiger partial charge in [0.2, 0.25) is 5.91 Å². The van der Waals surface area contributed by atoms with Crippen LogP contribution in [0, 0.1) is 0 Å². The van der Waals surface area contributed by atoms with Gasteiger partial charge in [-0.05, 0) is 11.6 Å². The number of carbonyl (C=O) groups excluding carboxylic acids is 1. The average Bonchev–Trinajstić information content (AvgIpc) is 2.54. The monoisotopic (exact) mass is 331 g/mol. The highest BCUT2D eigenvalue weighted by Crippen LogP contribution is 2.06. The van der Waals surface area contributed by atoms with Crippen LogP contribution in [0.5, 0.6) is 0 Å². The number of allylic oxidation sites excluding steroid dienone is 1. The van der Waals surface area contributed by atoms with Gasteiger partial charge in [0.1, 0.15) is 0 Å². The first kappa shape index (κ1) is 16.4. The van der Waals surface area contributed by atoms with Crippen LogP contribution in [-0.2, 0) is 4.79 Å². The van der Waals surface area contributed by atoms with E-state index >= 15 is 0 Å². The van der Waals surface area contributed by atoms with E-state index in [2.05, 4.69) is 20.7 Å². The summed E-state index contributed by atoms with van der Waals surface area (Å²) < 4.78 is 0. The third-order valence-corrected chi connectivity index (χ3v) is 3.42. The third kappa shape index (κ3) is 5.75. The lowest BCUT2D eigenvalue weighted by Gasteiger charge is -1.98. The molecule has 3 N–H and O–H groups in total. The quantitative estimate of drug-likeness (QED) is 0.401. The van der Waals surface area contributed by atoms with E-state index in [4.69, 9.17) is 0 Å². The highest BCUT2D eigenvalue weighted by atomic mass is 32.2. The summed E-state index contributed by atoms with van der Waals surface area (Å²) in [6, 6.07) is 9.64. The number of aromatic amines is 2. The van der Waals surface area contributed by atoms with Crippen molar-refractivity contribution in [2.24, 2.45) is 5.10 Å². The van der Waals surface area contributed by atoms with Crippen molar-refractivity contribution in [3.05, 3.63) is 62.8 Å². The lowest BCUT2D eigenvalue weighted by molar-refractivity contribution is -0.118. The van der Waals surface area contributed by atoms with Gasteiger partial charge in [-0.15, -0.1) is 0 Å². The van der Waals surface area contributed by atoms with Gasteiger partial charge in [0.25, 0.3) is 5.56 Å². The van der Waals surface area contributed by atoms with Gasteiger partial charge in [-0.25, -0.2) is 15.3 Å². The number of nitrogens with one attached hydrogen (secondary N) is 3. The van der Waals surface area contributed by atoms with Crippen LogP contribution in [0.1, 0.15) is 5.56 Å². The summed E-state index contributed by atoms with van der Waals surface area (Å²) in [6.45, 7) is 0. The first-order valence-corrected chi connectivity index (χ1v) is 7.49. The Morgan fingerprint density at radius 1 is 1.30 bits per heavy atom. The lowest BCUT2D eigenvalue weighted by atomic mass is 10.2. The Kier molecular flexibility index (Phi) is 6.07. The second-order valence-corrected chi connectivity index (χ2v) is 5.15. The molecule has 1 aromatic heterocycles. The van der Waals surface area contributed by atoms with Crippen molar-refractivity contribution in [1.29, 1.82) is 0 Å². The second kappa shape index (κ2) is 8.49. The standard InChI is InChI=1S/C14H13N5O3S/c20-11(9-23-13-12(21)16-14(22)19-18-13)17-15-8-4-7-10-5-2-1-3-6-10/h1-8H,9H2,(H,17,20)(H2,16,19,21,22)/b7-4+,15-8-. The molecule has 0 aliphatic rings. The van der Waals surface area contributed by atoms with Crippen LogP contribution in [0.25, 0.3) is 6.08 Å². The fourth-order valence-corrected chi connectivity index (χ4v) is 2.10. The van der Waals surface area contributed by atoms with E-state index in [-0.39, 0.29) is 10.8 Å². The zero-order chi connectivity index (χ0) is 16.5. The Morgan fingerprint density at radius 3 is 2.83 bits per heavy atom. The molecule has 0 bridgehead atoms. The van der Waals surface area contributed by atoms with Crippen molar-refractivity contribution in [2.75, 3.05) is 5.75 Å². The minimum absolute atomic E-state index is 0.00713. The number of amides is 1. The molecule has 1 amide bonds. The van der Waals surface area contributed by atoms with Gasteiger partial charge in [-0.3, -0.25) is 14.6 Å². The Morgan fingerprint density at radius 2 is 2.09 bits per heavy atom. The summed E-state index contributed by atoms with van der Waals surface area (Å²) in [6.07, 6.45) is 4.98.